The Morgan fingerprint density at radius 2 is 1.83 bits per heavy atom. The summed E-state index contributed by atoms with van der Waals surface area (Å²) in [6.45, 7) is 3.61. The molecule has 4 nitrogen and oxygen atoms in total. The summed E-state index contributed by atoms with van der Waals surface area (Å²) in [5.41, 5.74) is 1.53. The summed E-state index contributed by atoms with van der Waals surface area (Å²) in [4.78, 5) is 0. The van der Waals surface area contributed by atoms with E-state index < -0.39 is 10.0 Å². The molecule has 0 fully saturated rings. The number of thiophene rings is 1. The van der Waals surface area contributed by atoms with Crippen LogP contribution in [0.4, 0.5) is 0 Å². The van der Waals surface area contributed by atoms with E-state index in [1.807, 2.05) is 31.2 Å². The molecule has 0 amide bonds. The highest BCUT2D eigenvalue weighted by Gasteiger charge is 2.18. The van der Waals surface area contributed by atoms with Crippen LogP contribution in [0.5, 0.6) is 11.5 Å². The van der Waals surface area contributed by atoms with Crippen molar-refractivity contribution in [2.24, 2.45) is 5.14 Å². The van der Waals surface area contributed by atoms with Crippen molar-refractivity contribution >= 4 is 21.4 Å². The highest BCUT2D eigenvalue weighted by Crippen LogP contribution is 2.35. The number of nitrogens with two attached hydrogens (primary N) is 1. The zero-order valence-corrected chi connectivity index (χ0v) is 11.6. The van der Waals surface area contributed by atoms with Gasteiger partial charge in [-0.3, -0.25) is 0 Å². The molecule has 0 aliphatic carbocycles. The van der Waals surface area contributed by atoms with Crippen LogP contribution in [0.15, 0.2) is 33.9 Å². The van der Waals surface area contributed by atoms with Crippen molar-refractivity contribution < 1.29 is 13.2 Å². The molecule has 1 heterocycles. The van der Waals surface area contributed by atoms with Gasteiger partial charge in [0.2, 0.25) is 10.0 Å². The van der Waals surface area contributed by atoms with Crippen molar-refractivity contribution in [1.82, 2.24) is 0 Å². The van der Waals surface area contributed by atoms with E-state index in [1.165, 1.54) is 0 Å². The maximum absolute atomic E-state index is 11.3. The summed E-state index contributed by atoms with van der Waals surface area (Å²) in [6, 6.07) is 7.55. The van der Waals surface area contributed by atoms with Gasteiger partial charge < -0.3 is 4.74 Å². The third-order valence-corrected chi connectivity index (χ3v) is 5.18. The number of para-hydroxylation sites is 1. The molecule has 2 aromatic rings. The summed E-state index contributed by atoms with van der Waals surface area (Å²) >= 11 is 1.07. The number of benzene rings is 1. The Kier molecular flexibility index (Phi) is 3.43. The van der Waals surface area contributed by atoms with Gasteiger partial charge in [0, 0.05) is 10.9 Å². The second-order valence-electron chi connectivity index (χ2n) is 3.92. The molecule has 0 radical (unpaired) electrons. The second-order valence-corrected chi connectivity index (χ2v) is 6.56. The van der Waals surface area contributed by atoms with E-state index in [-0.39, 0.29) is 4.21 Å². The highest BCUT2D eigenvalue weighted by atomic mass is 32.2. The van der Waals surface area contributed by atoms with E-state index in [0.717, 1.165) is 16.9 Å². The minimum Gasteiger partial charge on any atom is -0.456 e. The molecule has 1 aromatic carbocycles. The maximum atomic E-state index is 11.3. The maximum Gasteiger partial charge on any atom is 0.247 e. The molecule has 0 atom stereocenters. The van der Waals surface area contributed by atoms with Crippen molar-refractivity contribution in [2.45, 2.75) is 18.1 Å². The van der Waals surface area contributed by atoms with Crippen molar-refractivity contribution in [1.29, 1.82) is 0 Å². The number of primary sulfonamides is 1. The molecule has 96 valence electrons. The molecular weight excluding hydrogens is 270 g/mol. The minimum absolute atomic E-state index is 0.145. The molecule has 6 heteroatoms. The quantitative estimate of drug-likeness (QED) is 0.941. The van der Waals surface area contributed by atoms with Gasteiger partial charge in [-0.2, -0.15) is 0 Å². The molecule has 1 aromatic heterocycles. The number of rotatable bonds is 3. The standard InChI is InChI=1S/C12H13NO3S2/c1-8-5-3-4-6-10(8)16-11-7-17-12(9(11)2)18(13,14)15/h3-7H,1-2H3,(H2,13,14,15). The third-order valence-electron chi connectivity index (χ3n) is 2.52. The number of sulfonamides is 1. The van der Waals surface area contributed by atoms with E-state index >= 15 is 0 Å². The van der Waals surface area contributed by atoms with Gasteiger partial charge in [-0.25, -0.2) is 13.6 Å². The Morgan fingerprint density at radius 3 is 2.39 bits per heavy atom. The molecule has 2 rings (SSSR count). The molecule has 0 aliphatic heterocycles. The van der Waals surface area contributed by atoms with Crippen molar-refractivity contribution in [2.75, 3.05) is 0 Å². The second kappa shape index (κ2) is 4.72. The molecule has 0 unspecified atom stereocenters. The summed E-state index contributed by atoms with van der Waals surface area (Å²) in [7, 11) is -3.68. The van der Waals surface area contributed by atoms with Crippen LogP contribution in [0.3, 0.4) is 0 Å². The summed E-state index contributed by atoms with van der Waals surface area (Å²) in [5.74, 6) is 1.23. The lowest BCUT2D eigenvalue weighted by atomic mass is 10.2. The van der Waals surface area contributed by atoms with Gasteiger partial charge in [-0.05, 0) is 25.5 Å². The largest absolute Gasteiger partial charge is 0.456 e. The topological polar surface area (TPSA) is 69.4 Å². The fourth-order valence-corrected chi connectivity index (χ4v) is 3.48. The Hall–Kier alpha value is -1.37. The molecule has 18 heavy (non-hydrogen) atoms. The number of hydrogen-bond donors (Lipinski definition) is 1. The van der Waals surface area contributed by atoms with Crippen LogP contribution in [0.1, 0.15) is 11.1 Å². The predicted molar refractivity (Wildman–Crippen MR) is 71.7 cm³/mol. The van der Waals surface area contributed by atoms with Crippen LogP contribution in [0.25, 0.3) is 0 Å². The number of ether oxygens (including phenoxy) is 1. The van der Waals surface area contributed by atoms with Gasteiger partial charge in [0.05, 0.1) is 0 Å². The van der Waals surface area contributed by atoms with Gasteiger partial charge in [0.15, 0.2) is 0 Å². The zero-order valence-electron chi connectivity index (χ0n) is 10.0. The average molecular weight is 283 g/mol. The first-order chi connectivity index (χ1) is 8.39. The Morgan fingerprint density at radius 1 is 1.17 bits per heavy atom. The smallest absolute Gasteiger partial charge is 0.247 e. The van der Waals surface area contributed by atoms with Crippen LogP contribution < -0.4 is 9.88 Å². The van der Waals surface area contributed by atoms with Crippen molar-refractivity contribution in [3.8, 4) is 11.5 Å². The van der Waals surface area contributed by atoms with Gasteiger partial charge in [-0.1, -0.05) is 18.2 Å². The van der Waals surface area contributed by atoms with E-state index in [4.69, 9.17) is 9.88 Å². The summed E-state index contributed by atoms with van der Waals surface area (Å²) in [6.07, 6.45) is 0. The summed E-state index contributed by atoms with van der Waals surface area (Å²) in [5, 5.41) is 6.78. The van der Waals surface area contributed by atoms with E-state index in [9.17, 15) is 8.42 Å². The monoisotopic (exact) mass is 283 g/mol. The summed E-state index contributed by atoms with van der Waals surface area (Å²) < 4.78 is 28.5. The molecule has 2 N–H and O–H groups in total. The minimum atomic E-state index is -3.68. The first-order valence-corrected chi connectivity index (χ1v) is 7.66. The molecule has 0 bridgehead atoms. The molecule has 0 spiro atoms. The van der Waals surface area contributed by atoms with Crippen LogP contribution in [-0.4, -0.2) is 8.42 Å². The van der Waals surface area contributed by atoms with Gasteiger partial charge in [-0.15, -0.1) is 11.3 Å². The van der Waals surface area contributed by atoms with Crippen molar-refractivity contribution in [3.63, 3.8) is 0 Å². The van der Waals surface area contributed by atoms with Crippen LogP contribution in [-0.2, 0) is 10.0 Å². The van der Waals surface area contributed by atoms with Gasteiger partial charge >= 0.3 is 0 Å². The molecule has 0 saturated carbocycles. The van der Waals surface area contributed by atoms with Crippen LogP contribution in [0, 0.1) is 13.8 Å². The lowest BCUT2D eigenvalue weighted by Crippen LogP contribution is -2.11. The van der Waals surface area contributed by atoms with Crippen LogP contribution in [0.2, 0.25) is 0 Å². The first-order valence-electron chi connectivity index (χ1n) is 5.24. The van der Waals surface area contributed by atoms with E-state index in [2.05, 4.69) is 0 Å². The van der Waals surface area contributed by atoms with E-state index in [1.54, 1.807) is 12.3 Å². The lowest BCUT2D eigenvalue weighted by molar-refractivity contribution is 0.476. The Balaban J connectivity index is 2.38. The first kappa shape index (κ1) is 13.1. The SMILES string of the molecule is Cc1ccccc1Oc1csc(S(N)(=O)=O)c1C. The molecule has 0 saturated heterocycles. The zero-order chi connectivity index (χ0) is 13.3. The lowest BCUT2D eigenvalue weighted by Gasteiger charge is -2.07. The fourth-order valence-electron chi connectivity index (χ4n) is 1.55. The van der Waals surface area contributed by atoms with Crippen molar-refractivity contribution in [3.05, 3.63) is 40.8 Å². The van der Waals surface area contributed by atoms with Gasteiger partial charge in [0.25, 0.3) is 0 Å². The number of hydrogen-bond acceptors (Lipinski definition) is 4. The molecular formula is C12H13NO3S2. The Labute approximate surface area is 110 Å². The highest BCUT2D eigenvalue weighted by molar-refractivity contribution is 7.91. The van der Waals surface area contributed by atoms with Gasteiger partial charge in [0.1, 0.15) is 15.7 Å². The average Bonchev–Trinajstić information content (AvgIpc) is 2.63. The normalized spacial score (nSPS) is 11.5. The van der Waals surface area contributed by atoms with E-state index in [0.29, 0.717) is 17.1 Å². The fraction of sp³-hybridized carbons (Fsp3) is 0.167. The number of aryl methyl sites for hydroxylation is 1. The molecule has 0 aliphatic rings. The predicted octanol–water partition coefficient (Wildman–Crippen LogP) is 2.80. The third kappa shape index (κ3) is 2.55. The van der Waals surface area contributed by atoms with Crippen LogP contribution >= 0.6 is 11.3 Å². The Bertz CT molecular complexity index is 674.